The van der Waals surface area contributed by atoms with Crippen LogP contribution in [0.5, 0.6) is 0 Å². The van der Waals surface area contributed by atoms with Gasteiger partial charge in [0.2, 0.25) is 5.76 Å². The van der Waals surface area contributed by atoms with E-state index in [1.165, 1.54) is 24.5 Å². The number of aryl methyl sites for hydroxylation is 2. The number of aliphatic hydroxyl groups excluding tert-OH is 1. The van der Waals surface area contributed by atoms with Crippen LogP contribution >= 0.6 is 11.3 Å². The number of nitrogens with zero attached hydrogens (tertiary/aromatic N) is 1. The molecule has 1 N–H and O–H groups in total. The molecule has 0 aliphatic carbocycles. The van der Waals surface area contributed by atoms with Gasteiger partial charge in [0.05, 0.1) is 22.7 Å². The number of esters is 1. The van der Waals surface area contributed by atoms with Gasteiger partial charge in [0.25, 0.3) is 0 Å². The average Bonchev–Trinajstić information content (AvgIpc) is 2.94. The summed E-state index contributed by atoms with van der Waals surface area (Å²) in [7, 11) is 1.28. The maximum absolute atomic E-state index is 11.2. The van der Waals surface area contributed by atoms with Gasteiger partial charge in [-0.3, -0.25) is 0 Å². The third kappa shape index (κ3) is 2.30. The fourth-order valence-electron chi connectivity index (χ4n) is 1.64. The van der Waals surface area contributed by atoms with Gasteiger partial charge in [0.1, 0.15) is 11.9 Å². The van der Waals surface area contributed by atoms with E-state index in [1.807, 2.05) is 13.8 Å². The Morgan fingerprint density at radius 2 is 2.22 bits per heavy atom. The molecule has 0 amide bonds. The maximum atomic E-state index is 11.2. The molecule has 0 spiro atoms. The topological polar surface area (TPSA) is 72.6 Å². The lowest BCUT2D eigenvalue weighted by Crippen LogP contribution is -2.00. The summed E-state index contributed by atoms with van der Waals surface area (Å²) >= 11 is 1.40. The molecule has 0 saturated heterocycles. The quantitative estimate of drug-likeness (QED) is 0.863. The second kappa shape index (κ2) is 4.91. The number of ether oxygens (including phenoxy) is 1. The Balaban J connectivity index is 2.29. The monoisotopic (exact) mass is 267 g/mol. The summed E-state index contributed by atoms with van der Waals surface area (Å²) in [4.78, 5) is 16.2. The zero-order chi connectivity index (χ0) is 13.3. The Bertz CT molecular complexity index is 572. The van der Waals surface area contributed by atoms with Crippen LogP contribution in [0.2, 0.25) is 0 Å². The number of aliphatic hydroxyl groups is 1. The van der Waals surface area contributed by atoms with Crippen molar-refractivity contribution in [1.29, 1.82) is 0 Å². The number of furan rings is 1. The summed E-state index contributed by atoms with van der Waals surface area (Å²) < 4.78 is 9.81. The molecule has 2 rings (SSSR count). The minimum Gasteiger partial charge on any atom is -0.463 e. The summed E-state index contributed by atoms with van der Waals surface area (Å²) in [5.41, 5.74) is 0.765. The van der Waals surface area contributed by atoms with Crippen LogP contribution in [-0.2, 0) is 4.74 Å². The van der Waals surface area contributed by atoms with Gasteiger partial charge >= 0.3 is 5.97 Å². The zero-order valence-electron chi connectivity index (χ0n) is 10.3. The molecule has 18 heavy (non-hydrogen) atoms. The molecule has 2 aromatic rings. The van der Waals surface area contributed by atoms with Crippen LogP contribution < -0.4 is 0 Å². The molecule has 0 fully saturated rings. The highest BCUT2D eigenvalue weighted by Crippen LogP contribution is 2.30. The van der Waals surface area contributed by atoms with Crippen molar-refractivity contribution in [2.45, 2.75) is 20.0 Å². The third-order valence-electron chi connectivity index (χ3n) is 2.47. The van der Waals surface area contributed by atoms with Crippen LogP contribution in [0.3, 0.4) is 0 Å². The second-order valence-electron chi connectivity index (χ2n) is 3.78. The van der Waals surface area contributed by atoms with Crippen molar-refractivity contribution in [3.05, 3.63) is 39.2 Å². The number of carbonyl (C=O) groups is 1. The predicted octanol–water partition coefficient (Wildman–Crippen LogP) is 2.22. The summed E-state index contributed by atoms with van der Waals surface area (Å²) in [6, 6.07) is 3.04. The predicted molar refractivity (Wildman–Crippen MR) is 65.7 cm³/mol. The third-order valence-corrected chi connectivity index (χ3v) is 3.60. The molecular weight excluding hydrogens is 254 g/mol. The normalized spacial score (nSPS) is 12.4. The van der Waals surface area contributed by atoms with Crippen molar-refractivity contribution in [2.24, 2.45) is 0 Å². The van der Waals surface area contributed by atoms with Crippen LogP contribution in [0.1, 0.15) is 38.0 Å². The van der Waals surface area contributed by atoms with Crippen molar-refractivity contribution in [3.8, 4) is 0 Å². The van der Waals surface area contributed by atoms with Crippen LogP contribution in [0, 0.1) is 13.8 Å². The standard InChI is InChI=1S/C12H13NO4S/c1-6-11(18-7(2)13-6)10(14)8-4-5-9(17-8)12(15)16-3/h4-5,10,14H,1-3H3. The lowest BCUT2D eigenvalue weighted by Gasteiger charge is -2.05. The molecule has 5 nitrogen and oxygen atoms in total. The second-order valence-corrected chi connectivity index (χ2v) is 5.01. The molecule has 0 aliphatic rings. The molecular formula is C12H13NO4S. The minimum atomic E-state index is -0.908. The number of aromatic nitrogens is 1. The minimum absolute atomic E-state index is 0.0745. The number of hydrogen-bond donors (Lipinski definition) is 1. The first-order chi connectivity index (χ1) is 8.52. The number of thiazole rings is 1. The Labute approximate surface area is 108 Å². The Morgan fingerprint density at radius 3 is 2.78 bits per heavy atom. The van der Waals surface area contributed by atoms with Gasteiger partial charge in [-0.2, -0.15) is 0 Å². The smallest absolute Gasteiger partial charge is 0.373 e. The van der Waals surface area contributed by atoms with Gasteiger partial charge in [-0.15, -0.1) is 11.3 Å². The van der Waals surface area contributed by atoms with Crippen molar-refractivity contribution in [2.75, 3.05) is 7.11 Å². The van der Waals surface area contributed by atoms with E-state index >= 15 is 0 Å². The molecule has 0 aliphatic heterocycles. The van der Waals surface area contributed by atoms with Gasteiger partial charge in [0.15, 0.2) is 0 Å². The number of rotatable bonds is 3. The summed E-state index contributed by atoms with van der Waals surface area (Å²) in [6.45, 7) is 3.70. The highest BCUT2D eigenvalue weighted by molar-refractivity contribution is 7.11. The average molecular weight is 267 g/mol. The first kappa shape index (κ1) is 12.8. The molecule has 2 heterocycles. The first-order valence-electron chi connectivity index (χ1n) is 5.33. The lowest BCUT2D eigenvalue weighted by molar-refractivity contribution is 0.0558. The van der Waals surface area contributed by atoms with Crippen molar-refractivity contribution < 1.29 is 19.1 Å². The number of methoxy groups -OCH3 is 1. The SMILES string of the molecule is COC(=O)c1ccc(C(O)c2sc(C)nc2C)o1. The van der Waals surface area contributed by atoms with Crippen molar-refractivity contribution in [1.82, 2.24) is 4.98 Å². The Hall–Kier alpha value is -1.66. The first-order valence-corrected chi connectivity index (χ1v) is 6.14. The number of hydrogen-bond acceptors (Lipinski definition) is 6. The highest BCUT2D eigenvalue weighted by Gasteiger charge is 2.21. The molecule has 0 bridgehead atoms. The van der Waals surface area contributed by atoms with Crippen molar-refractivity contribution >= 4 is 17.3 Å². The van der Waals surface area contributed by atoms with E-state index in [-0.39, 0.29) is 5.76 Å². The Morgan fingerprint density at radius 1 is 1.50 bits per heavy atom. The van der Waals surface area contributed by atoms with Crippen LogP contribution in [0.4, 0.5) is 0 Å². The molecule has 0 saturated carbocycles. The van der Waals surface area contributed by atoms with Crippen LogP contribution in [0.15, 0.2) is 16.5 Å². The molecule has 1 atom stereocenters. The van der Waals surface area contributed by atoms with E-state index in [0.29, 0.717) is 5.76 Å². The van der Waals surface area contributed by atoms with Gasteiger partial charge < -0.3 is 14.3 Å². The molecule has 0 aromatic carbocycles. The summed E-state index contributed by atoms with van der Waals surface area (Å²) in [5, 5.41) is 11.1. The van der Waals surface area contributed by atoms with Gasteiger partial charge in [-0.05, 0) is 26.0 Å². The fourth-order valence-corrected chi connectivity index (χ4v) is 2.56. The lowest BCUT2D eigenvalue weighted by atomic mass is 10.2. The van der Waals surface area contributed by atoms with Gasteiger partial charge in [0, 0.05) is 0 Å². The van der Waals surface area contributed by atoms with Crippen LogP contribution in [0.25, 0.3) is 0 Å². The maximum Gasteiger partial charge on any atom is 0.373 e. The summed E-state index contributed by atoms with van der Waals surface area (Å²) in [6.07, 6.45) is -0.908. The van der Waals surface area contributed by atoms with Gasteiger partial charge in [-0.1, -0.05) is 0 Å². The van der Waals surface area contributed by atoms with E-state index in [9.17, 15) is 9.90 Å². The highest BCUT2D eigenvalue weighted by atomic mass is 32.1. The molecule has 0 radical (unpaired) electrons. The van der Waals surface area contributed by atoms with E-state index in [4.69, 9.17) is 4.42 Å². The van der Waals surface area contributed by atoms with E-state index < -0.39 is 12.1 Å². The molecule has 2 aromatic heterocycles. The molecule has 6 heteroatoms. The zero-order valence-corrected chi connectivity index (χ0v) is 11.1. The summed E-state index contributed by atoms with van der Waals surface area (Å²) in [5.74, 6) is -0.182. The van der Waals surface area contributed by atoms with E-state index in [2.05, 4.69) is 9.72 Å². The van der Waals surface area contributed by atoms with Crippen molar-refractivity contribution in [3.63, 3.8) is 0 Å². The molecule has 96 valence electrons. The largest absolute Gasteiger partial charge is 0.463 e. The Kier molecular flexibility index (Phi) is 3.49. The fraction of sp³-hybridized carbons (Fsp3) is 0.333. The van der Waals surface area contributed by atoms with E-state index in [0.717, 1.165) is 15.6 Å². The molecule has 1 unspecified atom stereocenters. The van der Waals surface area contributed by atoms with E-state index in [1.54, 1.807) is 6.07 Å². The number of carbonyl (C=O) groups excluding carboxylic acids is 1. The van der Waals surface area contributed by atoms with Crippen LogP contribution in [-0.4, -0.2) is 23.2 Å². The van der Waals surface area contributed by atoms with Gasteiger partial charge in [-0.25, -0.2) is 9.78 Å².